The van der Waals surface area contributed by atoms with Crippen molar-refractivity contribution >= 4 is 23.2 Å². The molecule has 1 aliphatic heterocycles. The number of anilines is 2. The van der Waals surface area contributed by atoms with E-state index in [4.69, 9.17) is 0 Å². The lowest BCUT2D eigenvalue weighted by molar-refractivity contribution is -0.114. The lowest BCUT2D eigenvalue weighted by atomic mass is 10.1. The summed E-state index contributed by atoms with van der Waals surface area (Å²) in [4.78, 5) is 26.0. The third-order valence-electron chi connectivity index (χ3n) is 4.36. The predicted molar refractivity (Wildman–Crippen MR) is 104 cm³/mol. The second kappa shape index (κ2) is 7.87. The highest BCUT2D eigenvalue weighted by molar-refractivity contribution is 5.97. The monoisotopic (exact) mass is 349 g/mol. The summed E-state index contributed by atoms with van der Waals surface area (Å²) in [5, 5.41) is 5.70. The predicted octanol–water partition coefficient (Wildman–Crippen LogP) is 3.26. The summed E-state index contributed by atoms with van der Waals surface area (Å²) in [5.41, 5.74) is 4.32. The highest BCUT2D eigenvalue weighted by Crippen LogP contribution is 2.19. The molecule has 2 aromatic carbocycles. The highest BCUT2D eigenvalue weighted by atomic mass is 16.2. The molecule has 0 saturated carbocycles. The van der Waals surface area contributed by atoms with Crippen molar-refractivity contribution in [3.05, 3.63) is 71.3 Å². The summed E-state index contributed by atoms with van der Waals surface area (Å²) in [7, 11) is 0. The van der Waals surface area contributed by atoms with Crippen LogP contribution in [0.3, 0.4) is 0 Å². The minimum Gasteiger partial charge on any atom is -0.364 e. The van der Waals surface area contributed by atoms with Crippen LogP contribution < -0.4 is 15.5 Å². The number of hydrogen-bond donors (Lipinski definition) is 2. The van der Waals surface area contributed by atoms with Crippen LogP contribution in [0.2, 0.25) is 0 Å². The highest BCUT2D eigenvalue weighted by Gasteiger charge is 2.11. The van der Waals surface area contributed by atoms with E-state index in [2.05, 4.69) is 39.8 Å². The normalized spacial score (nSPS) is 12.9. The van der Waals surface area contributed by atoms with Crippen LogP contribution in [-0.2, 0) is 11.3 Å². The number of amides is 2. The molecule has 0 atom stereocenters. The molecule has 0 aliphatic carbocycles. The Kier molecular flexibility index (Phi) is 5.37. The quantitative estimate of drug-likeness (QED) is 0.815. The van der Waals surface area contributed by atoms with Gasteiger partial charge in [0.2, 0.25) is 5.91 Å². The Morgan fingerprint density at radius 3 is 2.58 bits per heavy atom. The first-order valence-electron chi connectivity index (χ1n) is 8.68. The van der Waals surface area contributed by atoms with Gasteiger partial charge in [0.25, 0.3) is 5.91 Å². The Balaban J connectivity index is 1.65. The molecule has 2 amide bonds. The van der Waals surface area contributed by atoms with Crippen LogP contribution in [0.25, 0.3) is 0 Å². The number of hydrogen-bond acceptors (Lipinski definition) is 3. The minimum atomic E-state index is -0.162. The van der Waals surface area contributed by atoms with Gasteiger partial charge in [0.15, 0.2) is 0 Å². The molecular formula is C21H23N3O2. The van der Waals surface area contributed by atoms with Gasteiger partial charge < -0.3 is 15.5 Å². The van der Waals surface area contributed by atoms with E-state index in [0.29, 0.717) is 17.8 Å². The standard InChI is InChI=1S/C21H23N3O2/c1-15-8-9-18(13-20(15)23-16(2)25)21(26)22-14-17-6-5-7-19(12-17)24-10-3-4-11-24/h3-9,12-13H,10-11,14H2,1-2H3,(H,22,26)(H,23,25). The van der Waals surface area contributed by atoms with Crippen LogP contribution in [0, 0.1) is 6.92 Å². The number of carbonyl (C=O) groups excluding carboxylic acids is 2. The first kappa shape index (κ1) is 17.7. The first-order chi connectivity index (χ1) is 12.5. The molecule has 1 heterocycles. The van der Waals surface area contributed by atoms with Crippen LogP contribution in [0.1, 0.15) is 28.4 Å². The van der Waals surface area contributed by atoms with E-state index < -0.39 is 0 Å². The molecule has 1 aliphatic rings. The van der Waals surface area contributed by atoms with Gasteiger partial charge in [0, 0.05) is 43.5 Å². The van der Waals surface area contributed by atoms with Crippen LogP contribution in [-0.4, -0.2) is 24.9 Å². The molecule has 26 heavy (non-hydrogen) atoms. The fourth-order valence-corrected chi connectivity index (χ4v) is 2.92. The molecule has 2 aromatic rings. The van der Waals surface area contributed by atoms with Gasteiger partial charge in [-0.2, -0.15) is 0 Å². The second-order valence-corrected chi connectivity index (χ2v) is 6.44. The van der Waals surface area contributed by atoms with Crippen molar-refractivity contribution < 1.29 is 9.59 Å². The van der Waals surface area contributed by atoms with Gasteiger partial charge in [-0.1, -0.05) is 30.4 Å². The molecule has 0 unspecified atom stereocenters. The average Bonchev–Trinajstić information content (AvgIpc) is 3.16. The Hall–Kier alpha value is -3.08. The van der Waals surface area contributed by atoms with Crippen molar-refractivity contribution in [1.29, 1.82) is 0 Å². The van der Waals surface area contributed by atoms with Gasteiger partial charge in [-0.3, -0.25) is 9.59 Å². The molecule has 0 aromatic heterocycles. The van der Waals surface area contributed by atoms with Crippen molar-refractivity contribution in [1.82, 2.24) is 5.32 Å². The topological polar surface area (TPSA) is 61.4 Å². The zero-order valence-corrected chi connectivity index (χ0v) is 15.1. The van der Waals surface area contributed by atoms with Crippen LogP contribution >= 0.6 is 0 Å². The molecule has 2 N–H and O–H groups in total. The van der Waals surface area contributed by atoms with Crippen molar-refractivity contribution in [2.24, 2.45) is 0 Å². The molecule has 5 heteroatoms. The molecule has 0 spiro atoms. The van der Waals surface area contributed by atoms with E-state index in [1.54, 1.807) is 12.1 Å². The van der Waals surface area contributed by atoms with Crippen LogP contribution in [0.5, 0.6) is 0 Å². The van der Waals surface area contributed by atoms with Gasteiger partial charge in [-0.25, -0.2) is 0 Å². The molecule has 5 nitrogen and oxygen atoms in total. The summed E-state index contributed by atoms with van der Waals surface area (Å²) in [6.45, 7) is 5.65. The smallest absolute Gasteiger partial charge is 0.251 e. The van der Waals surface area contributed by atoms with Crippen molar-refractivity contribution in [2.75, 3.05) is 23.3 Å². The van der Waals surface area contributed by atoms with Gasteiger partial charge >= 0.3 is 0 Å². The van der Waals surface area contributed by atoms with E-state index in [1.807, 2.05) is 25.1 Å². The maximum Gasteiger partial charge on any atom is 0.251 e. The first-order valence-corrected chi connectivity index (χ1v) is 8.68. The van der Waals surface area contributed by atoms with E-state index in [9.17, 15) is 9.59 Å². The van der Waals surface area contributed by atoms with Crippen molar-refractivity contribution in [3.8, 4) is 0 Å². The summed E-state index contributed by atoms with van der Waals surface area (Å²) in [5.74, 6) is -0.316. The molecule has 0 radical (unpaired) electrons. The van der Waals surface area contributed by atoms with Crippen LogP contribution in [0.15, 0.2) is 54.6 Å². The Bertz CT molecular complexity index is 850. The van der Waals surface area contributed by atoms with E-state index in [1.165, 1.54) is 6.92 Å². The largest absolute Gasteiger partial charge is 0.364 e. The number of carbonyl (C=O) groups is 2. The second-order valence-electron chi connectivity index (χ2n) is 6.44. The number of aryl methyl sites for hydroxylation is 1. The maximum absolute atomic E-state index is 12.5. The number of benzene rings is 2. The summed E-state index contributed by atoms with van der Waals surface area (Å²) >= 11 is 0. The fourth-order valence-electron chi connectivity index (χ4n) is 2.92. The third-order valence-corrected chi connectivity index (χ3v) is 4.36. The van der Waals surface area contributed by atoms with Gasteiger partial charge in [-0.15, -0.1) is 0 Å². The lowest BCUT2D eigenvalue weighted by Crippen LogP contribution is -2.23. The zero-order chi connectivity index (χ0) is 18.5. The molecule has 134 valence electrons. The summed E-state index contributed by atoms with van der Waals surface area (Å²) < 4.78 is 0. The van der Waals surface area contributed by atoms with E-state index in [0.717, 1.165) is 29.9 Å². The van der Waals surface area contributed by atoms with Crippen molar-refractivity contribution in [2.45, 2.75) is 20.4 Å². The average molecular weight is 349 g/mol. The maximum atomic E-state index is 12.5. The van der Waals surface area contributed by atoms with Gasteiger partial charge in [0.1, 0.15) is 0 Å². The molecule has 0 bridgehead atoms. The summed E-state index contributed by atoms with van der Waals surface area (Å²) in [6, 6.07) is 13.5. The zero-order valence-electron chi connectivity index (χ0n) is 15.1. The minimum absolute atomic E-state index is 0.154. The molecular weight excluding hydrogens is 326 g/mol. The van der Waals surface area contributed by atoms with Gasteiger partial charge in [-0.05, 0) is 42.3 Å². The third kappa shape index (κ3) is 4.30. The Morgan fingerprint density at radius 2 is 1.85 bits per heavy atom. The Labute approximate surface area is 153 Å². The summed E-state index contributed by atoms with van der Waals surface area (Å²) in [6.07, 6.45) is 4.30. The molecule has 0 saturated heterocycles. The molecule has 0 fully saturated rings. The van der Waals surface area contributed by atoms with E-state index in [-0.39, 0.29) is 11.8 Å². The number of nitrogens with zero attached hydrogens (tertiary/aromatic N) is 1. The number of nitrogens with one attached hydrogen (secondary N) is 2. The molecule has 3 rings (SSSR count). The van der Waals surface area contributed by atoms with E-state index >= 15 is 0 Å². The fraction of sp³-hybridized carbons (Fsp3) is 0.238. The van der Waals surface area contributed by atoms with Gasteiger partial charge in [0.05, 0.1) is 0 Å². The SMILES string of the molecule is CC(=O)Nc1cc(C(=O)NCc2cccc(N3CC=CC3)c2)ccc1C. The lowest BCUT2D eigenvalue weighted by Gasteiger charge is -2.18. The van der Waals surface area contributed by atoms with Crippen molar-refractivity contribution in [3.63, 3.8) is 0 Å². The number of rotatable bonds is 5. The Morgan fingerprint density at radius 1 is 1.08 bits per heavy atom. The van der Waals surface area contributed by atoms with Crippen LogP contribution in [0.4, 0.5) is 11.4 Å².